The number of nitrogens with zero attached hydrogens (tertiary/aromatic N) is 1. The van der Waals surface area contributed by atoms with Gasteiger partial charge in [0.25, 0.3) is 5.91 Å². The second-order valence-corrected chi connectivity index (χ2v) is 8.47. The average molecular weight is 407 g/mol. The van der Waals surface area contributed by atoms with E-state index >= 15 is 0 Å². The maximum absolute atomic E-state index is 12.9. The van der Waals surface area contributed by atoms with E-state index in [4.69, 9.17) is 4.74 Å². The Hall–Kier alpha value is -2.82. The van der Waals surface area contributed by atoms with E-state index in [0.29, 0.717) is 17.2 Å². The number of rotatable bonds is 7. The van der Waals surface area contributed by atoms with E-state index in [9.17, 15) is 9.59 Å². The molecule has 158 valence electrons. The van der Waals surface area contributed by atoms with Gasteiger partial charge in [-0.1, -0.05) is 18.2 Å². The molecule has 2 aliphatic rings. The van der Waals surface area contributed by atoms with Crippen molar-refractivity contribution >= 4 is 17.5 Å². The van der Waals surface area contributed by atoms with Gasteiger partial charge in [0.05, 0.1) is 7.11 Å². The van der Waals surface area contributed by atoms with Gasteiger partial charge < -0.3 is 15.0 Å². The van der Waals surface area contributed by atoms with Crippen molar-refractivity contribution in [3.05, 3.63) is 59.7 Å². The van der Waals surface area contributed by atoms with Gasteiger partial charge in [-0.3, -0.25) is 9.59 Å². The van der Waals surface area contributed by atoms with Crippen molar-refractivity contribution in [3.63, 3.8) is 0 Å². The molecular weight excluding hydrogens is 376 g/mol. The molecule has 5 heteroatoms. The number of aryl methyl sites for hydroxylation is 1. The number of hydrogen-bond acceptors (Lipinski definition) is 3. The van der Waals surface area contributed by atoms with Crippen molar-refractivity contribution < 1.29 is 14.3 Å². The first-order chi connectivity index (χ1) is 14.6. The molecule has 1 saturated carbocycles. The summed E-state index contributed by atoms with van der Waals surface area (Å²) >= 11 is 0. The molecule has 0 bridgehead atoms. The lowest BCUT2D eigenvalue weighted by Crippen LogP contribution is -2.38. The number of piperidine rings is 1. The molecule has 1 aliphatic carbocycles. The molecule has 0 aromatic heterocycles. The summed E-state index contributed by atoms with van der Waals surface area (Å²) < 4.78 is 5.22. The number of methoxy groups -OCH3 is 1. The predicted molar refractivity (Wildman–Crippen MR) is 118 cm³/mol. The van der Waals surface area contributed by atoms with Crippen LogP contribution in [0.1, 0.15) is 48.0 Å². The first-order valence-corrected chi connectivity index (χ1v) is 11.0. The number of likely N-dealkylation sites (tertiary alicyclic amines) is 1. The first kappa shape index (κ1) is 20.5. The molecule has 1 aliphatic heterocycles. The third-order valence-electron chi connectivity index (χ3n) is 6.23. The highest BCUT2D eigenvalue weighted by Gasteiger charge is 2.30. The SMILES string of the molecule is COc1ccc(CCC2CCN(C(=O)c3cccc(NC(=O)C4CC4)c3)CC2)cc1. The summed E-state index contributed by atoms with van der Waals surface area (Å²) in [6, 6.07) is 15.6. The van der Waals surface area contributed by atoms with E-state index < -0.39 is 0 Å². The fourth-order valence-corrected chi connectivity index (χ4v) is 4.09. The Morgan fingerprint density at radius 3 is 2.43 bits per heavy atom. The highest BCUT2D eigenvalue weighted by molar-refractivity contribution is 5.98. The number of ether oxygens (including phenoxy) is 1. The second-order valence-electron chi connectivity index (χ2n) is 8.47. The van der Waals surface area contributed by atoms with E-state index in [1.54, 1.807) is 13.2 Å². The Morgan fingerprint density at radius 1 is 1.03 bits per heavy atom. The van der Waals surface area contributed by atoms with Gasteiger partial charge in [-0.05, 0) is 80.3 Å². The lowest BCUT2D eigenvalue weighted by Gasteiger charge is -2.32. The molecule has 0 radical (unpaired) electrons. The van der Waals surface area contributed by atoms with E-state index in [1.807, 2.05) is 35.2 Å². The van der Waals surface area contributed by atoms with Gasteiger partial charge in [0.2, 0.25) is 5.91 Å². The second kappa shape index (κ2) is 9.33. The first-order valence-electron chi connectivity index (χ1n) is 11.0. The molecule has 1 saturated heterocycles. The van der Waals surface area contributed by atoms with E-state index in [1.165, 1.54) is 5.56 Å². The number of hydrogen-bond donors (Lipinski definition) is 1. The van der Waals surface area contributed by atoms with Crippen LogP contribution >= 0.6 is 0 Å². The van der Waals surface area contributed by atoms with Gasteiger partial charge in [-0.25, -0.2) is 0 Å². The van der Waals surface area contributed by atoms with Gasteiger partial charge in [0.1, 0.15) is 5.75 Å². The summed E-state index contributed by atoms with van der Waals surface area (Å²) in [6.45, 7) is 1.59. The van der Waals surface area contributed by atoms with E-state index in [-0.39, 0.29) is 17.7 Å². The molecule has 30 heavy (non-hydrogen) atoms. The third-order valence-corrected chi connectivity index (χ3v) is 6.23. The van der Waals surface area contributed by atoms with Crippen LogP contribution in [-0.4, -0.2) is 36.9 Å². The summed E-state index contributed by atoms with van der Waals surface area (Å²) in [5, 5.41) is 2.93. The van der Waals surface area contributed by atoms with Crippen LogP contribution < -0.4 is 10.1 Å². The van der Waals surface area contributed by atoms with Crippen LogP contribution in [0.2, 0.25) is 0 Å². The zero-order valence-corrected chi connectivity index (χ0v) is 17.6. The summed E-state index contributed by atoms with van der Waals surface area (Å²) in [6.07, 6.45) is 6.23. The monoisotopic (exact) mass is 406 g/mol. The highest BCUT2D eigenvalue weighted by atomic mass is 16.5. The van der Waals surface area contributed by atoms with Crippen LogP contribution in [0.25, 0.3) is 0 Å². The van der Waals surface area contributed by atoms with Gasteiger partial charge in [-0.2, -0.15) is 0 Å². The van der Waals surface area contributed by atoms with Crippen LogP contribution in [0.5, 0.6) is 5.75 Å². The Morgan fingerprint density at radius 2 is 1.77 bits per heavy atom. The number of carbonyl (C=O) groups is 2. The van der Waals surface area contributed by atoms with Crippen LogP contribution in [0.15, 0.2) is 48.5 Å². The highest BCUT2D eigenvalue weighted by Crippen LogP contribution is 2.30. The molecule has 1 N–H and O–H groups in total. The Labute approximate surface area is 178 Å². The van der Waals surface area contributed by atoms with Crippen molar-refractivity contribution in [3.8, 4) is 5.75 Å². The van der Waals surface area contributed by atoms with Gasteiger partial charge in [0, 0.05) is 30.3 Å². The molecule has 2 aromatic carbocycles. The topological polar surface area (TPSA) is 58.6 Å². The summed E-state index contributed by atoms with van der Waals surface area (Å²) in [4.78, 5) is 26.9. The smallest absolute Gasteiger partial charge is 0.253 e. The third kappa shape index (κ3) is 5.21. The molecule has 2 fully saturated rings. The fourth-order valence-electron chi connectivity index (χ4n) is 4.09. The number of anilines is 1. The Kier molecular flexibility index (Phi) is 6.36. The molecule has 4 rings (SSSR count). The molecular formula is C25H30N2O3. The fraction of sp³-hybridized carbons (Fsp3) is 0.440. The van der Waals surface area contributed by atoms with Gasteiger partial charge in [-0.15, -0.1) is 0 Å². The Balaban J connectivity index is 1.26. The van der Waals surface area contributed by atoms with Crippen LogP contribution in [0.3, 0.4) is 0 Å². The molecule has 0 spiro atoms. The van der Waals surface area contributed by atoms with Crippen molar-refractivity contribution in [2.45, 2.75) is 38.5 Å². The van der Waals surface area contributed by atoms with Crippen molar-refractivity contribution in [2.75, 3.05) is 25.5 Å². The summed E-state index contributed by atoms with van der Waals surface area (Å²) in [5.41, 5.74) is 2.70. The van der Waals surface area contributed by atoms with Crippen LogP contribution in [0, 0.1) is 11.8 Å². The van der Waals surface area contributed by atoms with Crippen molar-refractivity contribution in [1.82, 2.24) is 4.90 Å². The summed E-state index contributed by atoms with van der Waals surface area (Å²) in [5.74, 6) is 1.83. The predicted octanol–water partition coefficient (Wildman–Crippen LogP) is 4.53. The lowest BCUT2D eigenvalue weighted by molar-refractivity contribution is -0.117. The minimum absolute atomic E-state index is 0.0612. The van der Waals surface area contributed by atoms with Gasteiger partial charge >= 0.3 is 0 Å². The zero-order valence-electron chi connectivity index (χ0n) is 17.6. The number of amides is 2. The molecule has 2 aromatic rings. The number of carbonyl (C=O) groups excluding carboxylic acids is 2. The van der Waals surface area contributed by atoms with Crippen molar-refractivity contribution in [1.29, 1.82) is 0 Å². The standard InChI is InChI=1S/C25H30N2O3/c1-30-23-11-7-18(8-12-23)5-6-19-13-15-27(16-14-19)25(29)21-3-2-4-22(17-21)26-24(28)20-9-10-20/h2-4,7-8,11-12,17,19-20H,5-6,9-10,13-16H2,1H3,(H,26,28). The molecule has 0 atom stereocenters. The average Bonchev–Trinajstić information content (AvgIpc) is 3.64. The maximum atomic E-state index is 12.9. The van der Waals surface area contributed by atoms with Gasteiger partial charge in [0.15, 0.2) is 0 Å². The quantitative estimate of drug-likeness (QED) is 0.735. The zero-order chi connectivity index (χ0) is 20.9. The molecule has 5 nitrogen and oxygen atoms in total. The van der Waals surface area contributed by atoms with Crippen molar-refractivity contribution in [2.24, 2.45) is 11.8 Å². The minimum atomic E-state index is 0.0612. The number of nitrogens with one attached hydrogen (secondary N) is 1. The van der Waals surface area contributed by atoms with Crippen LogP contribution in [0.4, 0.5) is 5.69 Å². The minimum Gasteiger partial charge on any atom is -0.497 e. The lowest BCUT2D eigenvalue weighted by atomic mass is 9.90. The Bertz CT molecular complexity index is 882. The van der Waals surface area contributed by atoms with E-state index in [2.05, 4.69) is 17.4 Å². The molecule has 1 heterocycles. The maximum Gasteiger partial charge on any atom is 0.253 e. The molecule has 2 amide bonds. The molecule has 0 unspecified atom stereocenters. The largest absolute Gasteiger partial charge is 0.497 e. The normalized spacial score (nSPS) is 16.9. The van der Waals surface area contributed by atoms with E-state index in [0.717, 1.165) is 57.4 Å². The number of benzene rings is 2. The summed E-state index contributed by atoms with van der Waals surface area (Å²) in [7, 11) is 1.69. The van der Waals surface area contributed by atoms with Crippen LogP contribution in [-0.2, 0) is 11.2 Å².